The number of carbonyl (C=O) groups is 1. The Bertz CT molecular complexity index is 898. The van der Waals surface area contributed by atoms with Crippen LogP contribution < -0.4 is 14.8 Å². The molecule has 0 bridgehead atoms. The Hall–Kier alpha value is -3.00. The Balaban J connectivity index is 1.39. The lowest BCUT2D eigenvalue weighted by molar-refractivity contribution is -0.113. The van der Waals surface area contributed by atoms with Crippen LogP contribution in [0.1, 0.15) is 0 Å². The number of hydrogen-bond donors (Lipinski definition) is 1. The van der Waals surface area contributed by atoms with Gasteiger partial charge in [0.25, 0.3) is 0 Å². The molecule has 0 radical (unpaired) electrons. The Kier molecular flexibility index (Phi) is 4.26. The van der Waals surface area contributed by atoms with E-state index >= 15 is 0 Å². The van der Waals surface area contributed by atoms with Crippen LogP contribution >= 0.6 is 11.8 Å². The van der Waals surface area contributed by atoms with E-state index in [4.69, 9.17) is 9.47 Å². The van der Waals surface area contributed by atoms with E-state index < -0.39 is 0 Å². The van der Waals surface area contributed by atoms with Crippen LogP contribution in [0, 0.1) is 0 Å². The molecule has 0 aliphatic carbocycles. The minimum absolute atomic E-state index is 0.133. The van der Waals surface area contributed by atoms with Crippen molar-refractivity contribution in [3.8, 4) is 17.2 Å². The smallest absolute Gasteiger partial charge is 0.234 e. The topological polar surface area (TPSA) is 78.3 Å². The van der Waals surface area contributed by atoms with Crippen molar-refractivity contribution in [1.29, 1.82) is 0 Å². The van der Waals surface area contributed by atoms with Crippen LogP contribution in [0.4, 0.5) is 5.69 Å². The van der Waals surface area contributed by atoms with Gasteiger partial charge in [-0.2, -0.15) is 0 Å². The average molecular weight is 354 g/mol. The average Bonchev–Trinajstić information content (AvgIpc) is 3.29. The molecule has 3 aromatic rings. The summed E-state index contributed by atoms with van der Waals surface area (Å²) in [5, 5.41) is 11.5. The highest BCUT2D eigenvalue weighted by Gasteiger charge is 2.15. The molecule has 1 N–H and O–H groups in total. The van der Waals surface area contributed by atoms with Crippen molar-refractivity contribution in [2.75, 3.05) is 17.9 Å². The molecule has 1 aromatic heterocycles. The first-order chi connectivity index (χ1) is 12.3. The second kappa shape index (κ2) is 6.86. The van der Waals surface area contributed by atoms with Gasteiger partial charge in [-0.1, -0.05) is 30.0 Å². The highest BCUT2D eigenvalue weighted by molar-refractivity contribution is 7.99. The monoisotopic (exact) mass is 354 g/mol. The molecule has 0 saturated carbocycles. The third-order valence-electron chi connectivity index (χ3n) is 3.54. The number of nitrogens with one attached hydrogen (secondary N) is 1. The molecular formula is C17H14N4O3S. The zero-order chi connectivity index (χ0) is 17.1. The summed E-state index contributed by atoms with van der Waals surface area (Å²) in [6.45, 7) is 0.206. The summed E-state index contributed by atoms with van der Waals surface area (Å²) < 4.78 is 12.4. The second-order valence-corrected chi connectivity index (χ2v) is 6.17. The van der Waals surface area contributed by atoms with E-state index in [1.165, 1.54) is 11.8 Å². The quantitative estimate of drug-likeness (QED) is 0.710. The molecule has 0 spiro atoms. The first-order valence-electron chi connectivity index (χ1n) is 7.57. The highest BCUT2D eigenvalue weighted by Crippen LogP contribution is 2.34. The number of nitrogens with zero attached hydrogens (tertiary/aromatic N) is 3. The van der Waals surface area contributed by atoms with Crippen molar-refractivity contribution in [1.82, 2.24) is 14.8 Å². The Morgan fingerprint density at radius 2 is 2.00 bits per heavy atom. The molecule has 0 fully saturated rings. The number of hydrogen-bond acceptors (Lipinski definition) is 6. The van der Waals surface area contributed by atoms with Gasteiger partial charge in [0.15, 0.2) is 16.7 Å². The van der Waals surface area contributed by atoms with Crippen molar-refractivity contribution in [2.45, 2.75) is 5.16 Å². The number of ether oxygens (including phenoxy) is 2. The summed E-state index contributed by atoms with van der Waals surface area (Å²) in [6.07, 6.45) is 1.63. The van der Waals surface area contributed by atoms with Gasteiger partial charge in [0.05, 0.1) is 5.75 Å². The van der Waals surface area contributed by atoms with Gasteiger partial charge in [-0.15, -0.1) is 10.2 Å². The number of aromatic nitrogens is 3. The number of carbonyl (C=O) groups excluding carboxylic acids is 1. The van der Waals surface area contributed by atoms with E-state index in [9.17, 15) is 4.79 Å². The van der Waals surface area contributed by atoms with Gasteiger partial charge in [-0.05, 0) is 24.3 Å². The normalized spacial score (nSPS) is 12.2. The van der Waals surface area contributed by atoms with Gasteiger partial charge in [0.2, 0.25) is 12.7 Å². The number of thioether (sulfide) groups is 1. The molecule has 7 nitrogen and oxygen atoms in total. The number of anilines is 1. The lowest BCUT2D eigenvalue weighted by Crippen LogP contribution is -2.14. The van der Waals surface area contributed by atoms with Crippen molar-refractivity contribution in [3.05, 3.63) is 54.9 Å². The van der Waals surface area contributed by atoms with Gasteiger partial charge in [0, 0.05) is 17.4 Å². The number of amides is 1. The summed E-state index contributed by atoms with van der Waals surface area (Å²) in [7, 11) is 0. The lowest BCUT2D eigenvalue weighted by Gasteiger charge is -2.07. The third kappa shape index (κ3) is 3.43. The largest absolute Gasteiger partial charge is 0.454 e. The second-order valence-electron chi connectivity index (χ2n) is 5.22. The number of para-hydroxylation sites is 1. The van der Waals surface area contributed by atoms with Crippen LogP contribution in [0.15, 0.2) is 60.0 Å². The summed E-state index contributed by atoms with van der Waals surface area (Å²) in [5.41, 5.74) is 1.62. The Morgan fingerprint density at radius 1 is 1.16 bits per heavy atom. The minimum Gasteiger partial charge on any atom is -0.454 e. The molecule has 25 heavy (non-hydrogen) atoms. The fourth-order valence-corrected chi connectivity index (χ4v) is 3.12. The van der Waals surface area contributed by atoms with Gasteiger partial charge in [-0.3, -0.25) is 9.36 Å². The highest BCUT2D eigenvalue weighted by atomic mass is 32.2. The molecule has 1 aliphatic rings. The van der Waals surface area contributed by atoms with Gasteiger partial charge >= 0.3 is 0 Å². The molecule has 1 amide bonds. The number of benzene rings is 2. The van der Waals surface area contributed by atoms with E-state index in [1.54, 1.807) is 24.5 Å². The first kappa shape index (κ1) is 15.5. The van der Waals surface area contributed by atoms with Crippen molar-refractivity contribution < 1.29 is 14.3 Å². The zero-order valence-corrected chi connectivity index (χ0v) is 13.9. The predicted octanol–water partition coefficient (Wildman–Crippen LogP) is 2.73. The zero-order valence-electron chi connectivity index (χ0n) is 13.1. The Morgan fingerprint density at radius 3 is 2.88 bits per heavy atom. The molecule has 4 rings (SSSR count). The molecular weight excluding hydrogens is 340 g/mol. The predicted molar refractivity (Wildman–Crippen MR) is 93.3 cm³/mol. The standard InChI is InChI=1S/C17H14N4O3S/c22-16(19-12-6-7-14-15(8-12)24-11-23-14)9-25-17-20-18-10-21(17)13-4-2-1-3-5-13/h1-8,10H,9,11H2,(H,19,22). The molecule has 126 valence electrons. The van der Waals surface area contributed by atoms with Crippen LogP contribution in [0.3, 0.4) is 0 Å². The first-order valence-corrected chi connectivity index (χ1v) is 8.56. The summed E-state index contributed by atoms with van der Waals surface area (Å²) >= 11 is 1.32. The summed E-state index contributed by atoms with van der Waals surface area (Å²) in [6, 6.07) is 15.0. The summed E-state index contributed by atoms with van der Waals surface area (Å²) in [4.78, 5) is 12.2. The van der Waals surface area contributed by atoms with Gasteiger partial charge in [0.1, 0.15) is 6.33 Å². The van der Waals surface area contributed by atoms with Crippen LogP contribution in [-0.2, 0) is 4.79 Å². The van der Waals surface area contributed by atoms with E-state index in [0.29, 0.717) is 22.3 Å². The van der Waals surface area contributed by atoms with Crippen LogP contribution in [0.5, 0.6) is 11.5 Å². The van der Waals surface area contributed by atoms with E-state index in [2.05, 4.69) is 15.5 Å². The molecule has 8 heteroatoms. The van der Waals surface area contributed by atoms with Crippen molar-refractivity contribution in [3.63, 3.8) is 0 Å². The molecule has 1 aliphatic heterocycles. The van der Waals surface area contributed by atoms with Gasteiger partial charge in [-0.25, -0.2) is 0 Å². The summed E-state index contributed by atoms with van der Waals surface area (Å²) in [5.74, 6) is 1.41. The van der Waals surface area contributed by atoms with Crippen LogP contribution in [-0.4, -0.2) is 33.2 Å². The molecule has 2 aromatic carbocycles. The van der Waals surface area contributed by atoms with Gasteiger partial charge < -0.3 is 14.8 Å². The van der Waals surface area contributed by atoms with E-state index in [1.807, 2.05) is 34.9 Å². The fraction of sp³-hybridized carbons (Fsp3) is 0.118. The minimum atomic E-state index is -0.133. The van der Waals surface area contributed by atoms with Crippen molar-refractivity contribution >= 4 is 23.4 Å². The molecule has 0 unspecified atom stereocenters. The maximum Gasteiger partial charge on any atom is 0.234 e. The number of fused-ring (bicyclic) bond motifs is 1. The molecule has 0 atom stereocenters. The third-order valence-corrected chi connectivity index (χ3v) is 4.48. The number of rotatable bonds is 5. The van der Waals surface area contributed by atoms with Crippen molar-refractivity contribution in [2.24, 2.45) is 0 Å². The van der Waals surface area contributed by atoms with Crippen LogP contribution in [0.25, 0.3) is 5.69 Å². The maximum absolute atomic E-state index is 12.2. The fourth-order valence-electron chi connectivity index (χ4n) is 2.39. The Labute approximate surface area is 148 Å². The van der Waals surface area contributed by atoms with E-state index in [0.717, 1.165) is 5.69 Å². The SMILES string of the molecule is O=C(CSc1nncn1-c1ccccc1)Nc1ccc2c(c1)OCO2. The molecule has 2 heterocycles. The maximum atomic E-state index is 12.2. The lowest BCUT2D eigenvalue weighted by atomic mass is 10.3. The molecule has 0 saturated heterocycles. The van der Waals surface area contributed by atoms with E-state index in [-0.39, 0.29) is 18.5 Å². The van der Waals surface area contributed by atoms with Crippen LogP contribution in [0.2, 0.25) is 0 Å².